The number of fused-ring (bicyclic) bond motifs is 2. The Labute approximate surface area is 206 Å². The van der Waals surface area contributed by atoms with Crippen LogP contribution in [-0.4, -0.2) is 43.4 Å². The van der Waals surface area contributed by atoms with E-state index in [9.17, 15) is 14.4 Å². The van der Waals surface area contributed by atoms with Gasteiger partial charge in [-0.2, -0.15) is 0 Å². The summed E-state index contributed by atoms with van der Waals surface area (Å²) in [5, 5.41) is 7.96. The first-order valence-corrected chi connectivity index (χ1v) is 11.9. The average Bonchev–Trinajstić information content (AvgIpc) is 2.96. The van der Waals surface area contributed by atoms with Gasteiger partial charge in [-0.3, -0.25) is 14.4 Å². The third-order valence-electron chi connectivity index (χ3n) is 6.82. The maximum absolute atomic E-state index is 14.0. The van der Waals surface area contributed by atoms with Crippen LogP contribution in [-0.2, 0) is 20.9 Å². The van der Waals surface area contributed by atoms with Crippen LogP contribution in [0.1, 0.15) is 30.5 Å². The molecule has 35 heavy (non-hydrogen) atoms. The van der Waals surface area contributed by atoms with Crippen LogP contribution in [0.3, 0.4) is 0 Å². The van der Waals surface area contributed by atoms with Crippen LogP contribution in [0.25, 0.3) is 10.8 Å². The van der Waals surface area contributed by atoms with Crippen LogP contribution in [0.15, 0.2) is 54.6 Å². The highest BCUT2D eigenvalue weighted by Gasteiger charge is 2.37. The Balaban J connectivity index is 1.87. The molecule has 0 aromatic heterocycles. The highest BCUT2D eigenvalue weighted by Crippen LogP contribution is 2.38. The number of hydrogen-bond donors (Lipinski definition) is 2. The highest BCUT2D eigenvalue weighted by molar-refractivity contribution is 6.08. The van der Waals surface area contributed by atoms with Crippen molar-refractivity contribution >= 4 is 39.9 Å². The fourth-order valence-electron chi connectivity index (χ4n) is 4.67. The minimum atomic E-state index is -0.885. The normalized spacial score (nSPS) is 16.6. The van der Waals surface area contributed by atoms with E-state index in [0.717, 1.165) is 27.5 Å². The van der Waals surface area contributed by atoms with Gasteiger partial charge in [0.15, 0.2) is 0 Å². The summed E-state index contributed by atoms with van der Waals surface area (Å²) in [7, 11) is 1.69. The van der Waals surface area contributed by atoms with Crippen molar-refractivity contribution in [3.05, 3.63) is 71.3 Å². The molecule has 0 saturated carbocycles. The van der Waals surface area contributed by atoms with Gasteiger partial charge in [0, 0.05) is 6.92 Å². The van der Waals surface area contributed by atoms with E-state index in [0.29, 0.717) is 17.9 Å². The number of carbonyl (C=O) groups is 3. The molecule has 2 N–H and O–H groups in total. The van der Waals surface area contributed by atoms with E-state index in [1.54, 1.807) is 23.8 Å². The summed E-state index contributed by atoms with van der Waals surface area (Å²) in [5.74, 6) is -0.722. The Morgan fingerprint density at radius 3 is 2.49 bits per heavy atom. The number of amides is 3. The molecule has 0 radical (unpaired) electrons. The van der Waals surface area contributed by atoms with Crippen molar-refractivity contribution in [1.29, 1.82) is 0 Å². The Kier molecular flexibility index (Phi) is 6.89. The molecule has 0 saturated heterocycles. The molecule has 1 aliphatic rings. The van der Waals surface area contributed by atoms with Crippen molar-refractivity contribution in [1.82, 2.24) is 10.6 Å². The maximum Gasteiger partial charge on any atom is 0.251 e. The van der Waals surface area contributed by atoms with Gasteiger partial charge in [0.05, 0.1) is 30.5 Å². The summed E-state index contributed by atoms with van der Waals surface area (Å²) < 4.78 is 0. The maximum atomic E-state index is 14.0. The number of hydrogen-bond acceptors (Lipinski definition) is 4. The van der Waals surface area contributed by atoms with Crippen molar-refractivity contribution in [2.75, 3.05) is 23.4 Å². The fraction of sp³-hybridized carbons (Fsp3) is 0.321. The molecule has 3 amide bonds. The van der Waals surface area contributed by atoms with Gasteiger partial charge >= 0.3 is 0 Å². The summed E-state index contributed by atoms with van der Waals surface area (Å²) in [5.41, 5.74) is 4.36. The second-order valence-electron chi connectivity index (χ2n) is 9.15. The third kappa shape index (κ3) is 4.64. The number of aryl methyl sites for hydroxylation is 2. The van der Waals surface area contributed by atoms with Gasteiger partial charge in [-0.05, 0) is 61.3 Å². The van der Waals surface area contributed by atoms with Crippen LogP contribution in [0.2, 0.25) is 0 Å². The second-order valence-corrected chi connectivity index (χ2v) is 9.15. The van der Waals surface area contributed by atoms with Crippen LogP contribution in [0.4, 0.5) is 11.4 Å². The lowest BCUT2D eigenvalue weighted by Crippen LogP contribution is -2.55. The van der Waals surface area contributed by atoms with E-state index < -0.39 is 12.1 Å². The van der Waals surface area contributed by atoms with Crippen molar-refractivity contribution in [3.8, 4) is 0 Å². The number of likely N-dealkylation sites (N-methyl/N-ethyl adjacent to an activating group) is 1. The number of para-hydroxylation sites is 1. The van der Waals surface area contributed by atoms with E-state index in [1.165, 1.54) is 6.92 Å². The van der Waals surface area contributed by atoms with Crippen molar-refractivity contribution in [2.45, 2.75) is 46.3 Å². The molecule has 7 nitrogen and oxygen atoms in total. The summed E-state index contributed by atoms with van der Waals surface area (Å²) in [6, 6.07) is 16.6. The van der Waals surface area contributed by atoms with Gasteiger partial charge in [-0.1, -0.05) is 48.5 Å². The largest absolute Gasteiger partial charge is 0.341 e. The SMILES string of the molecule is CN[C@@H](C)C(=O)N[C@H]1CN(C(C)=O)c2c(C)cccc2N(Cc2c(C)ccc3ccccc23)C1=O. The molecule has 1 heterocycles. The van der Waals surface area contributed by atoms with Gasteiger partial charge in [-0.15, -0.1) is 0 Å². The lowest BCUT2D eigenvalue weighted by Gasteiger charge is -2.28. The predicted octanol–water partition coefficient (Wildman–Crippen LogP) is 3.45. The van der Waals surface area contributed by atoms with E-state index in [4.69, 9.17) is 0 Å². The van der Waals surface area contributed by atoms with Gasteiger partial charge < -0.3 is 20.4 Å². The lowest BCUT2D eigenvalue weighted by molar-refractivity contribution is -0.128. The molecule has 7 heteroatoms. The summed E-state index contributed by atoms with van der Waals surface area (Å²) in [6.45, 7) is 7.58. The Hall–Kier alpha value is -3.71. The third-order valence-corrected chi connectivity index (χ3v) is 6.82. The lowest BCUT2D eigenvalue weighted by atomic mass is 9.98. The van der Waals surface area contributed by atoms with E-state index in [2.05, 4.69) is 34.9 Å². The van der Waals surface area contributed by atoms with Crippen molar-refractivity contribution in [3.63, 3.8) is 0 Å². The van der Waals surface area contributed by atoms with Gasteiger partial charge in [-0.25, -0.2) is 0 Å². The molecule has 182 valence electrons. The zero-order valence-electron chi connectivity index (χ0n) is 20.9. The quantitative estimate of drug-likeness (QED) is 0.596. The number of nitrogens with zero attached hydrogens (tertiary/aromatic N) is 2. The molecule has 0 fully saturated rings. The zero-order chi connectivity index (χ0) is 25.3. The molecule has 2 atom stereocenters. The minimum Gasteiger partial charge on any atom is -0.341 e. The first-order valence-electron chi connectivity index (χ1n) is 11.9. The van der Waals surface area contributed by atoms with Crippen LogP contribution in [0.5, 0.6) is 0 Å². The highest BCUT2D eigenvalue weighted by atomic mass is 16.2. The number of rotatable bonds is 5. The van der Waals surface area contributed by atoms with Gasteiger partial charge in [0.25, 0.3) is 5.91 Å². The standard InChI is InChI=1S/C28H32N4O3/c1-17-13-14-21-10-6-7-11-22(21)23(17)15-32-25-12-8-9-18(2)26(25)31(20(4)33)16-24(28(32)35)30-27(34)19(3)29-5/h6-14,19,24,29H,15-16H2,1-5H3,(H,30,34)/t19-,24-/m0/s1. The number of carbonyl (C=O) groups excluding carboxylic acids is 3. The Morgan fingerprint density at radius 1 is 1.03 bits per heavy atom. The molecule has 0 unspecified atom stereocenters. The summed E-state index contributed by atoms with van der Waals surface area (Å²) in [6.07, 6.45) is 0. The molecule has 3 aromatic carbocycles. The van der Waals surface area contributed by atoms with E-state index >= 15 is 0 Å². The minimum absolute atomic E-state index is 0.0687. The molecular formula is C28H32N4O3. The summed E-state index contributed by atoms with van der Waals surface area (Å²) in [4.78, 5) is 42.9. The van der Waals surface area contributed by atoms with Crippen molar-refractivity contribution in [2.24, 2.45) is 0 Å². The Morgan fingerprint density at radius 2 is 1.77 bits per heavy atom. The molecule has 0 bridgehead atoms. The molecular weight excluding hydrogens is 440 g/mol. The monoisotopic (exact) mass is 472 g/mol. The smallest absolute Gasteiger partial charge is 0.251 e. The average molecular weight is 473 g/mol. The van der Waals surface area contributed by atoms with E-state index in [-0.39, 0.29) is 24.3 Å². The van der Waals surface area contributed by atoms with E-state index in [1.807, 2.05) is 44.2 Å². The van der Waals surface area contributed by atoms with Crippen LogP contribution < -0.4 is 20.4 Å². The molecule has 0 aliphatic carbocycles. The second kappa shape index (κ2) is 9.88. The van der Waals surface area contributed by atoms with Crippen molar-refractivity contribution < 1.29 is 14.4 Å². The number of anilines is 2. The molecule has 1 aliphatic heterocycles. The first kappa shape index (κ1) is 24.4. The molecule has 4 rings (SSSR count). The molecule has 3 aromatic rings. The first-order chi connectivity index (χ1) is 16.7. The number of benzene rings is 3. The van der Waals surface area contributed by atoms with Gasteiger partial charge in [0.2, 0.25) is 11.8 Å². The van der Waals surface area contributed by atoms with Gasteiger partial charge in [0.1, 0.15) is 6.04 Å². The zero-order valence-corrected chi connectivity index (χ0v) is 20.9. The van der Waals surface area contributed by atoms with Crippen LogP contribution >= 0.6 is 0 Å². The van der Waals surface area contributed by atoms with Crippen LogP contribution in [0, 0.1) is 13.8 Å². The number of nitrogens with one attached hydrogen (secondary N) is 2. The fourth-order valence-corrected chi connectivity index (χ4v) is 4.67. The molecule has 0 spiro atoms. The predicted molar refractivity (Wildman–Crippen MR) is 140 cm³/mol. The Bertz CT molecular complexity index is 1300. The topological polar surface area (TPSA) is 81.8 Å². The summed E-state index contributed by atoms with van der Waals surface area (Å²) >= 11 is 0.